The summed E-state index contributed by atoms with van der Waals surface area (Å²) in [4.78, 5) is 12.2. The van der Waals surface area contributed by atoms with Crippen LogP contribution in [0.3, 0.4) is 0 Å². The molecule has 0 aliphatic heterocycles. The van der Waals surface area contributed by atoms with Crippen LogP contribution in [0.25, 0.3) is 0 Å². The molecule has 1 aliphatic rings. The zero-order valence-corrected chi connectivity index (χ0v) is 14.3. The number of amides is 1. The van der Waals surface area contributed by atoms with Crippen LogP contribution in [0.1, 0.15) is 49.9 Å². The first-order chi connectivity index (χ1) is 10.8. The summed E-state index contributed by atoms with van der Waals surface area (Å²) in [6.45, 7) is 8.51. The molecule has 2 aromatic rings. The van der Waals surface area contributed by atoms with Crippen molar-refractivity contribution < 1.29 is 9.53 Å². The quantitative estimate of drug-likeness (QED) is 0.907. The first-order valence-corrected chi connectivity index (χ1v) is 7.90. The molecule has 0 bridgehead atoms. The van der Waals surface area contributed by atoms with Gasteiger partial charge in [-0.15, -0.1) is 0 Å². The lowest BCUT2D eigenvalue weighted by Crippen LogP contribution is -2.18. The first-order valence-electron chi connectivity index (χ1n) is 7.90. The van der Waals surface area contributed by atoms with Crippen molar-refractivity contribution in [1.82, 2.24) is 9.78 Å². The molecule has 0 saturated heterocycles. The molecule has 1 aromatic carbocycles. The lowest BCUT2D eigenvalue weighted by Gasteiger charge is -2.19. The lowest BCUT2D eigenvalue weighted by molar-refractivity contribution is 0.215. The first kappa shape index (κ1) is 15.6. The molecule has 1 amide bonds. The Kier molecular flexibility index (Phi) is 3.66. The van der Waals surface area contributed by atoms with Crippen LogP contribution in [0.15, 0.2) is 24.4 Å². The second-order valence-corrected chi connectivity index (χ2v) is 7.02. The Morgan fingerprint density at radius 3 is 2.83 bits per heavy atom. The van der Waals surface area contributed by atoms with Crippen molar-refractivity contribution >= 4 is 11.8 Å². The van der Waals surface area contributed by atoms with E-state index in [9.17, 15) is 4.79 Å². The fourth-order valence-electron chi connectivity index (χ4n) is 3.69. The molecule has 5 heteroatoms. The molecule has 0 saturated carbocycles. The van der Waals surface area contributed by atoms with E-state index in [4.69, 9.17) is 4.74 Å². The van der Waals surface area contributed by atoms with Crippen molar-refractivity contribution in [3.8, 4) is 5.75 Å². The van der Waals surface area contributed by atoms with E-state index >= 15 is 0 Å². The van der Waals surface area contributed by atoms with Crippen LogP contribution in [0.4, 0.5) is 10.5 Å². The summed E-state index contributed by atoms with van der Waals surface area (Å²) in [6.07, 6.45) is 2.29. The lowest BCUT2D eigenvalue weighted by atomic mass is 9.86. The summed E-state index contributed by atoms with van der Waals surface area (Å²) < 4.78 is 7.01. The largest absolute Gasteiger partial charge is 0.417 e. The number of hydrogen-bond acceptors (Lipinski definition) is 3. The van der Waals surface area contributed by atoms with Crippen LogP contribution in [-0.2, 0) is 12.5 Å². The van der Waals surface area contributed by atoms with Crippen molar-refractivity contribution in [2.24, 2.45) is 7.05 Å². The zero-order valence-electron chi connectivity index (χ0n) is 14.3. The second kappa shape index (κ2) is 5.41. The van der Waals surface area contributed by atoms with E-state index in [0.29, 0.717) is 17.4 Å². The number of rotatable bonds is 2. The third-order valence-electron chi connectivity index (χ3n) is 4.55. The van der Waals surface area contributed by atoms with Crippen LogP contribution in [0, 0.1) is 6.92 Å². The van der Waals surface area contributed by atoms with Gasteiger partial charge in [-0.1, -0.05) is 32.9 Å². The number of anilines is 1. The molecule has 122 valence electrons. The minimum Gasteiger partial charge on any atom is -0.406 e. The van der Waals surface area contributed by atoms with Crippen LogP contribution in [0.5, 0.6) is 5.75 Å². The van der Waals surface area contributed by atoms with Gasteiger partial charge in [0, 0.05) is 12.7 Å². The third kappa shape index (κ3) is 2.83. The fraction of sp³-hybridized carbons (Fsp3) is 0.444. The van der Waals surface area contributed by atoms with Gasteiger partial charge in [-0.05, 0) is 41.9 Å². The molecule has 1 unspecified atom stereocenters. The molecule has 0 fully saturated rings. The monoisotopic (exact) mass is 313 g/mol. The summed E-state index contributed by atoms with van der Waals surface area (Å²) in [6, 6.07) is 6.08. The maximum Gasteiger partial charge on any atom is 0.417 e. The molecule has 1 atom stereocenters. The Morgan fingerprint density at radius 2 is 2.17 bits per heavy atom. The number of carbonyl (C=O) groups excluding carboxylic acids is 1. The number of nitrogens with one attached hydrogen (secondary N) is 1. The zero-order chi connectivity index (χ0) is 16.8. The number of aryl methyl sites for hydroxylation is 2. The summed E-state index contributed by atoms with van der Waals surface area (Å²) in [7, 11) is 1.80. The highest BCUT2D eigenvalue weighted by atomic mass is 16.6. The van der Waals surface area contributed by atoms with E-state index in [2.05, 4.69) is 37.3 Å². The van der Waals surface area contributed by atoms with E-state index in [1.165, 1.54) is 11.1 Å². The Labute approximate surface area is 136 Å². The summed E-state index contributed by atoms with van der Waals surface area (Å²) in [5.74, 6) is 0.891. The van der Waals surface area contributed by atoms with Crippen molar-refractivity contribution in [3.63, 3.8) is 0 Å². The summed E-state index contributed by atoms with van der Waals surface area (Å²) in [5, 5.41) is 7.07. The number of ether oxygens (including phenoxy) is 1. The van der Waals surface area contributed by atoms with Gasteiger partial charge in [-0.25, -0.2) is 4.79 Å². The van der Waals surface area contributed by atoms with Crippen molar-refractivity contribution in [2.45, 2.75) is 45.4 Å². The summed E-state index contributed by atoms with van der Waals surface area (Å²) in [5.41, 5.74) is 4.19. The molecule has 1 N–H and O–H groups in total. The Balaban J connectivity index is 1.83. The van der Waals surface area contributed by atoms with Gasteiger partial charge in [-0.3, -0.25) is 10.00 Å². The normalized spacial score (nSPS) is 18.6. The molecule has 0 radical (unpaired) electrons. The highest BCUT2D eigenvalue weighted by molar-refractivity contribution is 5.88. The summed E-state index contributed by atoms with van der Waals surface area (Å²) >= 11 is 0. The predicted octanol–water partition coefficient (Wildman–Crippen LogP) is 4.12. The topological polar surface area (TPSA) is 56.2 Å². The van der Waals surface area contributed by atoms with Crippen molar-refractivity contribution in [3.05, 3.63) is 41.2 Å². The van der Waals surface area contributed by atoms with E-state index in [-0.39, 0.29) is 5.41 Å². The number of fused-ring (bicyclic) bond motifs is 1. The molecule has 1 aliphatic carbocycles. The second-order valence-electron chi connectivity index (χ2n) is 7.02. The number of benzene rings is 1. The van der Waals surface area contributed by atoms with E-state index in [0.717, 1.165) is 12.1 Å². The minimum atomic E-state index is -0.480. The Hall–Kier alpha value is -2.30. The smallest absolute Gasteiger partial charge is 0.406 e. The number of nitrogens with zero attached hydrogens (tertiary/aromatic N) is 2. The third-order valence-corrected chi connectivity index (χ3v) is 4.55. The van der Waals surface area contributed by atoms with Crippen LogP contribution in [0.2, 0.25) is 0 Å². The van der Waals surface area contributed by atoms with E-state index < -0.39 is 6.09 Å². The average molecular weight is 313 g/mol. The van der Waals surface area contributed by atoms with Gasteiger partial charge in [0.25, 0.3) is 0 Å². The van der Waals surface area contributed by atoms with Gasteiger partial charge in [0.15, 0.2) is 5.75 Å². The molecule has 3 rings (SSSR count). The molecular formula is C18H23N3O2. The van der Waals surface area contributed by atoms with Crippen molar-refractivity contribution in [2.75, 3.05) is 5.32 Å². The van der Waals surface area contributed by atoms with Crippen LogP contribution in [-0.4, -0.2) is 15.9 Å². The Bertz CT molecular complexity index is 762. The standard InChI is InChI=1S/C18H23N3O2/c1-11-9-18(3,4)13-7-6-8-14(16(11)13)19-17(22)23-15-10-21(5)20-12(15)2/h6-8,10-11H,9H2,1-5H3,(H,19,22). The Morgan fingerprint density at radius 1 is 1.43 bits per heavy atom. The molecule has 23 heavy (non-hydrogen) atoms. The fourth-order valence-corrected chi connectivity index (χ4v) is 3.69. The molecule has 1 aromatic heterocycles. The van der Waals surface area contributed by atoms with Gasteiger partial charge in [0.1, 0.15) is 5.69 Å². The average Bonchev–Trinajstić information content (AvgIpc) is 2.87. The van der Waals surface area contributed by atoms with E-state index in [1.54, 1.807) is 17.9 Å². The van der Waals surface area contributed by atoms with Gasteiger partial charge in [-0.2, -0.15) is 5.10 Å². The highest BCUT2D eigenvalue weighted by Gasteiger charge is 2.36. The number of aromatic nitrogens is 2. The maximum atomic E-state index is 12.2. The molecular weight excluding hydrogens is 290 g/mol. The van der Waals surface area contributed by atoms with Gasteiger partial charge < -0.3 is 4.74 Å². The van der Waals surface area contributed by atoms with E-state index in [1.807, 2.05) is 19.1 Å². The minimum absolute atomic E-state index is 0.135. The number of carbonyl (C=O) groups is 1. The van der Waals surface area contributed by atoms with Gasteiger partial charge >= 0.3 is 6.09 Å². The highest BCUT2D eigenvalue weighted by Crippen LogP contribution is 2.48. The van der Waals surface area contributed by atoms with Crippen LogP contribution >= 0.6 is 0 Å². The maximum absolute atomic E-state index is 12.2. The number of hydrogen-bond donors (Lipinski definition) is 1. The predicted molar refractivity (Wildman–Crippen MR) is 90.1 cm³/mol. The van der Waals surface area contributed by atoms with Crippen LogP contribution < -0.4 is 10.1 Å². The van der Waals surface area contributed by atoms with Crippen molar-refractivity contribution in [1.29, 1.82) is 0 Å². The van der Waals surface area contributed by atoms with Gasteiger partial charge in [0.05, 0.1) is 6.20 Å². The molecule has 0 spiro atoms. The SMILES string of the molecule is Cc1nn(C)cc1OC(=O)Nc1cccc2c1C(C)CC2(C)C. The molecule has 5 nitrogen and oxygen atoms in total. The molecule has 1 heterocycles. The van der Waals surface area contributed by atoms with Gasteiger partial charge in [0.2, 0.25) is 0 Å².